The van der Waals surface area contributed by atoms with Gasteiger partial charge in [0.2, 0.25) is 11.7 Å². The maximum atomic E-state index is 12.1. The average Bonchev–Trinajstić information content (AvgIpc) is 3.42. The Labute approximate surface area is 229 Å². The lowest BCUT2D eigenvalue weighted by molar-refractivity contribution is -0.120. The van der Waals surface area contributed by atoms with E-state index in [0.717, 1.165) is 47.2 Å². The summed E-state index contributed by atoms with van der Waals surface area (Å²) in [4.78, 5) is 28.6. The van der Waals surface area contributed by atoms with E-state index in [1.807, 2.05) is 37.7 Å². The Morgan fingerprint density at radius 2 is 1.85 bits per heavy atom. The van der Waals surface area contributed by atoms with Gasteiger partial charge in [-0.3, -0.25) is 9.48 Å². The fourth-order valence-corrected chi connectivity index (χ4v) is 5.07. The van der Waals surface area contributed by atoms with Crippen LogP contribution in [0.2, 0.25) is 0 Å². The summed E-state index contributed by atoms with van der Waals surface area (Å²) in [6.45, 7) is 14.3. The van der Waals surface area contributed by atoms with Crippen LogP contribution in [0.25, 0.3) is 23.0 Å². The summed E-state index contributed by atoms with van der Waals surface area (Å²) >= 11 is 0. The Morgan fingerprint density at radius 3 is 2.51 bits per heavy atom. The molecule has 0 bridgehead atoms. The lowest BCUT2D eigenvalue weighted by Crippen LogP contribution is -2.40. The number of nitrogens with one attached hydrogen (secondary N) is 2. The van der Waals surface area contributed by atoms with Crippen LogP contribution in [0.15, 0.2) is 16.7 Å². The largest absolute Gasteiger partial charge is 0.444 e. The summed E-state index contributed by atoms with van der Waals surface area (Å²) in [5.74, 6) is 0.704. The van der Waals surface area contributed by atoms with Crippen LogP contribution in [0.4, 0.5) is 4.79 Å². The van der Waals surface area contributed by atoms with Crippen molar-refractivity contribution in [3.8, 4) is 23.0 Å². The van der Waals surface area contributed by atoms with Gasteiger partial charge in [0.25, 0.3) is 5.89 Å². The molecule has 0 unspecified atom stereocenters. The van der Waals surface area contributed by atoms with Gasteiger partial charge in [0.15, 0.2) is 5.69 Å². The van der Waals surface area contributed by atoms with Crippen molar-refractivity contribution < 1.29 is 18.8 Å². The third-order valence-electron chi connectivity index (χ3n) is 7.04. The van der Waals surface area contributed by atoms with Gasteiger partial charge >= 0.3 is 6.09 Å². The van der Waals surface area contributed by atoms with Crippen molar-refractivity contribution in [3.05, 3.63) is 40.1 Å². The number of carbonyl (C=O) groups is 2. The van der Waals surface area contributed by atoms with E-state index in [4.69, 9.17) is 19.3 Å². The molecular formula is C29H40N6O4. The van der Waals surface area contributed by atoms with Crippen molar-refractivity contribution in [1.29, 1.82) is 0 Å². The van der Waals surface area contributed by atoms with Crippen LogP contribution in [0.1, 0.15) is 69.0 Å². The molecule has 10 heteroatoms. The minimum Gasteiger partial charge on any atom is -0.444 e. The molecule has 2 N–H and O–H groups in total. The quantitative estimate of drug-likeness (QED) is 0.457. The lowest BCUT2D eigenvalue weighted by Gasteiger charge is -2.29. The number of nitrogens with zero attached hydrogens (tertiary/aromatic N) is 4. The van der Waals surface area contributed by atoms with Crippen LogP contribution in [-0.4, -0.2) is 50.6 Å². The standard InChI is InChI=1S/C29H40N6O4/c1-17-13-19(14-18(2)20(17)10-12-30-23(36)16-31-27(37)38-28(3,4)5)25-32-26(39-34-25)24-21-9-11-29(6,7)15-22(21)35(8)33-24/h13-14H,9-12,15-16H2,1-8H3,(H,30,36)(H,31,37). The monoisotopic (exact) mass is 536 g/mol. The Morgan fingerprint density at radius 1 is 1.15 bits per heavy atom. The zero-order valence-corrected chi connectivity index (χ0v) is 24.3. The molecule has 0 spiro atoms. The maximum Gasteiger partial charge on any atom is 0.408 e. The van der Waals surface area contributed by atoms with Gasteiger partial charge in [-0.15, -0.1) is 0 Å². The highest BCUT2D eigenvalue weighted by Gasteiger charge is 2.32. The van der Waals surface area contributed by atoms with Crippen LogP contribution >= 0.6 is 0 Å². The van der Waals surface area contributed by atoms with Crippen LogP contribution in [0, 0.1) is 19.3 Å². The van der Waals surface area contributed by atoms with Gasteiger partial charge in [0.05, 0.1) is 6.54 Å². The number of aryl methyl sites for hydroxylation is 3. The highest BCUT2D eigenvalue weighted by Crippen LogP contribution is 2.38. The number of fused-ring (bicyclic) bond motifs is 1. The van der Waals surface area contributed by atoms with E-state index in [9.17, 15) is 9.59 Å². The molecule has 2 heterocycles. The van der Waals surface area contributed by atoms with Crippen LogP contribution in [-0.2, 0) is 35.8 Å². The number of alkyl carbamates (subject to hydrolysis) is 1. The van der Waals surface area contributed by atoms with Crippen molar-refractivity contribution in [1.82, 2.24) is 30.6 Å². The number of benzene rings is 1. The second-order valence-electron chi connectivity index (χ2n) is 12.2. The summed E-state index contributed by atoms with van der Waals surface area (Å²) in [5.41, 5.74) is 7.05. The molecule has 3 aromatic rings. The molecule has 4 rings (SSSR count). The Balaban J connectivity index is 1.39. The van der Waals surface area contributed by atoms with Crippen molar-refractivity contribution >= 4 is 12.0 Å². The first-order valence-electron chi connectivity index (χ1n) is 13.5. The summed E-state index contributed by atoms with van der Waals surface area (Å²) in [7, 11) is 1.98. The zero-order chi connectivity index (χ0) is 28.5. The predicted molar refractivity (Wildman–Crippen MR) is 148 cm³/mol. The van der Waals surface area contributed by atoms with E-state index in [1.54, 1.807) is 20.8 Å². The normalized spacial score (nSPS) is 14.6. The molecular weight excluding hydrogens is 496 g/mol. The number of aromatic nitrogens is 4. The second kappa shape index (κ2) is 10.8. The maximum absolute atomic E-state index is 12.1. The van der Waals surface area contributed by atoms with Crippen molar-refractivity contribution in [2.24, 2.45) is 12.5 Å². The molecule has 39 heavy (non-hydrogen) atoms. The molecule has 0 aliphatic heterocycles. The summed E-state index contributed by atoms with van der Waals surface area (Å²) < 4.78 is 12.8. The number of ether oxygens (including phenoxy) is 1. The Bertz CT molecular complexity index is 1360. The number of rotatable bonds is 7. The summed E-state index contributed by atoms with van der Waals surface area (Å²) in [6, 6.07) is 4.08. The molecule has 210 valence electrons. The average molecular weight is 537 g/mol. The first-order valence-corrected chi connectivity index (χ1v) is 13.5. The molecule has 0 fully saturated rings. The minimum atomic E-state index is -0.614. The Hall–Kier alpha value is -3.69. The third kappa shape index (κ3) is 6.85. The number of hydrogen-bond acceptors (Lipinski definition) is 7. The molecule has 0 saturated carbocycles. The number of hydrogen-bond donors (Lipinski definition) is 2. The van der Waals surface area contributed by atoms with Crippen molar-refractivity contribution in [3.63, 3.8) is 0 Å². The van der Waals surface area contributed by atoms with Crippen molar-refractivity contribution in [2.75, 3.05) is 13.1 Å². The fraction of sp³-hybridized carbons (Fsp3) is 0.552. The first kappa shape index (κ1) is 28.3. The number of carbonyl (C=O) groups excluding carboxylic acids is 2. The van der Waals surface area contributed by atoms with Crippen LogP contribution < -0.4 is 10.6 Å². The number of amides is 2. The minimum absolute atomic E-state index is 0.136. The molecule has 0 atom stereocenters. The van der Waals surface area contributed by atoms with Gasteiger partial charge in [-0.05, 0) is 94.5 Å². The SMILES string of the molecule is Cc1cc(-c2noc(-c3nn(C)c4c3CCC(C)(C)C4)n2)cc(C)c1CCNC(=O)CNC(=O)OC(C)(C)C. The highest BCUT2D eigenvalue weighted by molar-refractivity contribution is 5.82. The predicted octanol–water partition coefficient (Wildman–Crippen LogP) is 4.45. The summed E-state index contributed by atoms with van der Waals surface area (Å²) in [6.07, 6.45) is 3.07. The van der Waals surface area contributed by atoms with Gasteiger partial charge in [0, 0.05) is 30.4 Å². The summed E-state index contributed by atoms with van der Waals surface area (Å²) in [5, 5.41) is 14.3. The smallest absolute Gasteiger partial charge is 0.408 e. The van der Waals surface area contributed by atoms with E-state index < -0.39 is 11.7 Å². The molecule has 1 aromatic carbocycles. The molecule has 2 aromatic heterocycles. The molecule has 1 aliphatic rings. The van der Waals surface area contributed by atoms with Gasteiger partial charge in [-0.1, -0.05) is 19.0 Å². The van der Waals surface area contributed by atoms with Gasteiger partial charge in [-0.25, -0.2) is 4.79 Å². The van der Waals surface area contributed by atoms with E-state index >= 15 is 0 Å². The molecule has 0 saturated heterocycles. The Kier molecular flexibility index (Phi) is 7.86. The fourth-order valence-electron chi connectivity index (χ4n) is 5.07. The highest BCUT2D eigenvalue weighted by atomic mass is 16.6. The van der Waals surface area contributed by atoms with Crippen LogP contribution in [0.3, 0.4) is 0 Å². The molecule has 1 aliphatic carbocycles. The zero-order valence-electron chi connectivity index (χ0n) is 24.3. The van der Waals surface area contributed by atoms with E-state index in [-0.39, 0.29) is 17.9 Å². The van der Waals surface area contributed by atoms with Crippen LogP contribution in [0.5, 0.6) is 0 Å². The van der Waals surface area contributed by atoms with E-state index in [2.05, 4.69) is 29.6 Å². The molecule has 2 amide bonds. The van der Waals surface area contributed by atoms with E-state index in [1.165, 1.54) is 11.3 Å². The lowest BCUT2D eigenvalue weighted by atomic mass is 9.76. The van der Waals surface area contributed by atoms with Gasteiger partial charge in [0.1, 0.15) is 5.60 Å². The third-order valence-corrected chi connectivity index (χ3v) is 7.04. The first-order chi connectivity index (χ1) is 18.2. The van der Waals surface area contributed by atoms with Gasteiger partial charge < -0.3 is 19.9 Å². The van der Waals surface area contributed by atoms with Crippen molar-refractivity contribution in [2.45, 2.75) is 79.8 Å². The molecule has 0 radical (unpaired) electrons. The van der Waals surface area contributed by atoms with Gasteiger partial charge in [-0.2, -0.15) is 10.1 Å². The molecule has 10 nitrogen and oxygen atoms in total. The second-order valence-corrected chi connectivity index (χ2v) is 12.2. The van der Waals surface area contributed by atoms with E-state index in [0.29, 0.717) is 24.7 Å². The topological polar surface area (TPSA) is 124 Å².